The first-order chi connectivity index (χ1) is 20.5. The van der Waals surface area contributed by atoms with Crippen LogP contribution in [0.5, 0.6) is 0 Å². The Hall–Kier alpha value is -3.39. The fraction of sp³-hybridized carbons (Fsp3) is 0.500. The van der Waals surface area contributed by atoms with Crippen molar-refractivity contribution in [1.29, 1.82) is 0 Å². The molecule has 0 bridgehead atoms. The number of rotatable bonds is 5. The van der Waals surface area contributed by atoms with E-state index < -0.39 is 65.4 Å². The second-order valence-electron chi connectivity index (χ2n) is 11.5. The van der Waals surface area contributed by atoms with Crippen molar-refractivity contribution in [2.45, 2.75) is 57.0 Å². The van der Waals surface area contributed by atoms with Crippen LogP contribution < -0.4 is 5.73 Å². The molecule has 2 N–H and O–H groups in total. The number of hydrogen-bond acceptors (Lipinski definition) is 4. The zero-order valence-electron chi connectivity index (χ0n) is 24.6. The Labute approximate surface area is 261 Å². The lowest BCUT2D eigenvalue weighted by atomic mass is 9.77. The zero-order chi connectivity index (χ0) is 32.6. The summed E-state index contributed by atoms with van der Waals surface area (Å²) in [5.41, 5.74) is 3.20. The van der Waals surface area contributed by atoms with E-state index in [1.54, 1.807) is 13.0 Å². The van der Waals surface area contributed by atoms with E-state index in [2.05, 4.69) is 4.90 Å². The van der Waals surface area contributed by atoms with Crippen molar-refractivity contribution in [3.05, 3.63) is 70.0 Å². The number of hydrogen-bond donors (Lipinski definition) is 1. The fourth-order valence-electron chi connectivity index (χ4n) is 6.31. The highest BCUT2D eigenvalue weighted by molar-refractivity contribution is 6.34. The highest BCUT2D eigenvalue weighted by Gasteiger charge is 2.41. The number of piperidine rings is 2. The molecule has 3 amide bonds. The number of alkyl halides is 6. The molecule has 45 heavy (non-hydrogen) atoms. The molecule has 0 saturated carbocycles. The second-order valence-corrected chi connectivity index (χ2v) is 11.5. The third-order valence-electron chi connectivity index (χ3n) is 8.52. The summed E-state index contributed by atoms with van der Waals surface area (Å²) in [7, 11) is 1.34. The van der Waals surface area contributed by atoms with Gasteiger partial charge in [-0.2, -0.15) is 26.3 Å². The van der Waals surface area contributed by atoms with Crippen molar-refractivity contribution in [2.24, 2.45) is 11.7 Å². The van der Waals surface area contributed by atoms with Crippen LogP contribution in [-0.4, -0.2) is 71.7 Å². The van der Waals surface area contributed by atoms with E-state index in [1.165, 1.54) is 24.1 Å². The normalized spacial score (nSPS) is 20.0. The standard InChI is InChI=1S/C30H33F7N4O3.ClH/c1-17-11-21(31)3-4-23(17)25-16-41(22-5-8-40(9-6-22)28(44)26(38)42)10-7-24(25)27(43)39(2)15-18-12-19(29(32,33)34)14-20(13-18)30(35,36)37;/h3-4,11-14,22,24-25H,5-10,15-16H2,1-2H3,(H2,38,42);1H/t24-,25+;/m1./s1. The maximum atomic E-state index is 14.0. The molecule has 2 atom stereocenters. The van der Waals surface area contributed by atoms with E-state index in [-0.39, 0.29) is 30.1 Å². The summed E-state index contributed by atoms with van der Waals surface area (Å²) in [5, 5.41) is 0. The van der Waals surface area contributed by atoms with Gasteiger partial charge in [-0.1, -0.05) is 6.07 Å². The number of nitrogens with zero attached hydrogens (tertiary/aromatic N) is 3. The molecule has 0 unspecified atom stereocenters. The van der Waals surface area contributed by atoms with Gasteiger partial charge in [0.2, 0.25) is 5.91 Å². The van der Waals surface area contributed by atoms with Crippen molar-refractivity contribution in [3.8, 4) is 0 Å². The van der Waals surface area contributed by atoms with E-state index >= 15 is 0 Å². The summed E-state index contributed by atoms with van der Waals surface area (Å²) in [4.78, 5) is 41.8. The number of primary amides is 1. The van der Waals surface area contributed by atoms with Crippen LogP contribution in [0.1, 0.15) is 53.0 Å². The smallest absolute Gasteiger partial charge is 0.361 e. The average molecular weight is 667 g/mol. The van der Waals surface area contributed by atoms with Gasteiger partial charge >= 0.3 is 24.2 Å². The highest BCUT2D eigenvalue weighted by atomic mass is 35.5. The first-order valence-corrected chi connectivity index (χ1v) is 14.1. The number of halogens is 8. The van der Waals surface area contributed by atoms with E-state index in [0.29, 0.717) is 68.7 Å². The first kappa shape index (κ1) is 36.1. The van der Waals surface area contributed by atoms with Crippen molar-refractivity contribution in [2.75, 3.05) is 33.2 Å². The molecule has 4 rings (SSSR count). The molecule has 0 aromatic heterocycles. The van der Waals surface area contributed by atoms with E-state index in [0.717, 1.165) is 4.90 Å². The van der Waals surface area contributed by atoms with Crippen LogP contribution >= 0.6 is 12.4 Å². The second kappa shape index (κ2) is 13.9. The molecule has 2 aliphatic heterocycles. The van der Waals surface area contributed by atoms with E-state index in [4.69, 9.17) is 5.73 Å². The number of carbonyl (C=O) groups excluding carboxylic acids is 3. The number of benzene rings is 2. The molecule has 7 nitrogen and oxygen atoms in total. The van der Waals surface area contributed by atoms with Crippen LogP contribution in [0.3, 0.4) is 0 Å². The Kier molecular flexibility index (Phi) is 11.2. The fourth-order valence-corrected chi connectivity index (χ4v) is 6.31. The lowest BCUT2D eigenvalue weighted by Crippen LogP contribution is -2.53. The van der Waals surface area contributed by atoms with Crippen LogP contribution in [0.15, 0.2) is 36.4 Å². The van der Waals surface area contributed by atoms with Crippen molar-refractivity contribution >= 4 is 30.1 Å². The predicted octanol–water partition coefficient (Wildman–Crippen LogP) is 5.13. The van der Waals surface area contributed by atoms with Gasteiger partial charge in [-0.15, -0.1) is 12.4 Å². The van der Waals surface area contributed by atoms with Gasteiger partial charge in [-0.3, -0.25) is 19.3 Å². The van der Waals surface area contributed by atoms with Gasteiger partial charge in [0.15, 0.2) is 0 Å². The van der Waals surface area contributed by atoms with Gasteiger partial charge in [-0.25, -0.2) is 4.39 Å². The third kappa shape index (κ3) is 8.46. The van der Waals surface area contributed by atoms with Gasteiger partial charge in [0.25, 0.3) is 0 Å². The SMILES string of the molecule is Cc1cc(F)ccc1[C@@H]1CN(C2CCN(C(=O)C(N)=O)CC2)CC[C@H]1C(=O)N(C)Cc1cc(C(F)(F)F)cc(C(F)(F)F)c1.Cl. The third-order valence-corrected chi connectivity index (χ3v) is 8.52. The number of carbonyl (C=O) groups is 3. The van der Waals surface area contributed by atoms with Gasteiger partial charge in [0.1, 0.15) is 5.82 Å². The molecule has 2 aromatic rings. The zero-order valence-corrected chi connectivity index (χ0v) is 25.4. The molecule has 0 aliphatic carbocycles. The maximum Gasteiger partial charge on any atom is 0.416 e. The number of likely N-dealkylation sites (tertiary alicyclic amines) is 2. The van der Waals surface area contributed by atoms with E-state index in [9.17, 15) is 45.1 Å². The summed E-state index contributed by atoms with van der Waals surface area (Å²) >= 11 is 0. The Morgan fingerprint density at radius 3 is 2.00 bits per heavy atom. The summed E-state index contributed by atoms with van der Waals surface area (Å²) in [6, 6.07) is 5.50. The lowest BCUT2D eigenvalue weighted by Gasteiger charge is -2.45. The molecule has 15 heteroatoms. The van der Waals surface area contributed by atoms with Gasteiger partial charge < -0.3 is 15.5 Å². The van der Waals surface area contributed by atoms with Crippen LogP contribution in [0.4, 0.5) is 30.7 Å². The van der Waals surface area contributed by atoms with Crippen LogP contribution in [-0.2, 0) is 33.3 Å². The Morgan fingerprint density at radius 2 is 1.49 bits per heavy atom. The van der Waals surface area contributed by atoms with Crippen LogP contribution in [0.2, 0.25) is 0 Å². The highest BCUT2D eigenvalue weighted by Crippen LogP contribution is 2.39. The maximum absolute atomic E-state index is 14.0. The molecule has 2 fully saturated rings. The molecule has 248 valence electrons. The lowest BCUT2D eigenvalue weighted by molar-refractivity contribution is -0.145. The Balaban J connectivity index is 0.00000552. The van der Waals surface area contributed by atoms with Crippen LogP contribution in [0.25, 0.3) is 0 Å². The minimum atomic E-state index is -5.01. The molecule has 2 aliphatic rings. The summed E-state index contributed by atoms with van der Waals surface area (Å²) < 4.78 is 94.4. The van der Waals surface area contributed by atoms with Crippen LogP contribution in [0, 0.1) is 18.7 Å². The minimum Gasteiger partial charge on any atom is -0.361 e. The number of nitrogens with two attached hydrogens (primary N) is 1. The predicted molar refractivity (Wildman–Crippen MR) is 153 cm³/mol. The molecule has 0 spiro atoms. The number of amides is 3. The molecule has 2 heterocycles. The van der Waals surface area contributed by atoms with Gasteiger partial charge in [0, 0.05) is 51.1 Å². The first-order valence-electron chi connectivity index (χ1n) is 14.1. The largest absolute Gasteiger partial charge is 0.416 e. The molecular weight excluding hydrogens is 633 g/mol. The molecule has 2 saturated heterocycles. The Morgan fingerprint density at radius 1 is 0.911 bits per heavy atom. The molecule has 0 radical (unpaired) electrons. The number of aryl methyl sites for hydroxylation is 1. The van der Waals surface area contributed by atoms with Crippen molar-refractivity contribution in [1.82, 2.24) is 14.7 Å². The average Bonchev–Trinajstić information content (AvgIpc) is 2.95. The van der Waals surface area contributed by atoms with Crippen molar-refractivity contribution in [3.63, 3.8) is 0 Å². The van der Waals surface area contributed by atoms with Crippen molar-refractivity contribution < 1.29 is 45.1 Å². The minimum absolute atomic E-state index is 0. The molecule has 2 aromatic carbocycles. The summed E-state index contributed by atoms with van der Waals surface area (Å²) in [5.74, 6) is -3.82. The topological polar surface area (TPSA) is 87.0 Å². The van der Waals surface area contributed by atoms with E-state index in [1.807, 2.05) is 0 Å². The quantitative estimate of drug-likeness (QED) is 0.354. The van der Waals surface area contributed by atoms with Gasteiger partial charge in [0.05, 0.1) is 11.1 Å². The summed E-state index contributed by atoms with van der Waals surface area (Å²) in [6.07, 6.45) is -8.57. The monoisotopic (exact) mass is 666 g/mol. The van der Waals surface area contributed by atoms with Gasteiger partial charge in [-0.05, 0) is 79.8 Å². The summed E-state index contributed by atoms with van der Waals surface area (Å²) in [6.45, 7) is 2.73. The Bertz CT molecular complexity index is 1380. The molecular formula is C30H34ClF7N4O3.